The molecule has 8 rings (SSSR count). The highest BCUT2D eigenvalue weighted by atomic mass is 35.5. The maximum atomic E-state index is 13.3. The lowest BCUT2D eigenvalue weighted by atomic mass is 9.63. The van der Waals surface area contributed by atoms with E-state index in [9.17, 15) is 9.59 Å². The van der Waals surface area contributed by atoms with Crippen molar-refractivity contribution in [2.24, 2.45) is 40.6 Å². The minimum absolute atomic E-state index is 0.141. The Labute approximate surface area is 213 Å². The largest absolute Gasteiger partial charge is 0.340 e. The maximum absolute atomic E-state index is 13.3. The Balaban J connectivity index is 1.24. The van der Waals surface area contributed by atoms with Gasteiger partial charge in [0.05, 0.1) is 28.1 Å². The lowest BCUT2D eigenvalue weighted by Gasteiger charge is -2.37. The quantitative estimate of drug-likeness (QED) is 0.260. The first-order valence-corrected chi connectivity index (χ1v) is 12.8. The van der Waals surface area contributed by atoms with Crippen LogP contribution in [0.3, 0.4) is 0 Å². The zero-order valence-electron chi connectivity index (χ0n) is 19.1. The SMILES string of the molecule is Cc1c(/C=N\N2C(=O)[C@@H]3[C@H]4C=C[C@@H]([C@@H]5C[C@@H]45)[C@@H]3C2=O)c2ccccc2n1Cc1ccc(Cl)c(Cl)c1. The number of fused-ring (bicyclic) bond motifs is 1. The first-order chi connectivity index (χ1) is 16.9. The van der Waals surface area contributed by atoms with E-state index in [0.29, 0.717) is 28.4 Å². The molecule has 2 amide bonds. The zero-order chi connectivity index (χ0) is 24.0. The molecule has 1 aliphatic heterocycles. The topological polar surface area (TPSA) is 54.7 Å². The van der Waals surface area contributed by atoms with Gasteiger partial charge in [0.25, 0.3) is 11.8 Å². The number of hydrazone groups is 1. The first kappa shape index (κ1) is 21.4. The summed E-state index contributed by atoms with van der Waals surface area (Å²) in [4.78, 5) is 26.6. The van der Waals surface area contributed by atoms with Crippen LogP contribution < -0.4 is 0 Å². The second-order valence-electron chi connectivity index (χ2n) is 10.2. The van der Waals surface area contributed by atoms with Gasteiger partial charge in [-0.3, -0.25) is 9.59 Å². The van der Waals surface area contributed by atoms with E-state index in [0.717, 1.165) is 39.2 Å². The highest BCUT2D eigenvalue weighted by Gasteiger charge is 2.67. The van der Waals surface area contributed by atoms with Crippen molar-refractivity contribution in [3.05, 3.63) is 81.5 Å². The maximum Gasteiger partial charge on any atom is 0.254 e. The summed E-state index contributed by atoms with van der Waals surface area (Å²) in [6.45, 7) is 2.64. The molecule has 4 aliphatic carbocycles. The van der Waals surface area contributed by atoms with Crippen LogP contribution in [-0.2, 0) is 16.1 Å². The van der Waals surface area contributed by atoms with Gasteiger partial charge in [0.15, 0.2) is 0 Å². The first-order valence-electron chi connectivity index (χ1n) is 12.1. The van der Waals surface area contributed by atoms with Crippen LogP contribution >= 0.6 is 23.2 Å². The lowest BCUT2D eigenvalue weighted by molar-refractivity contribution is -0.140. The molecule has 35 heavy (non-hydrogen) atoms. The summed E-state index contributed by atoms with van der Waals surface area (Å²) >= 11 is 12.3. The summed E-state index contributed by atoms with van der Waals surface area (Å²) in [7, 11) is 0. The van der Waals surface area contributed by atoms with Crippen LogP contribution in [0.2, 0.25) is 10.0 Å². The standard InChI is InChI=1S/C28H23Cl2N3O2/c1-14-21(16-4-2-3-5-24(16)32(14)13-15-6-9-22(29)23(30)10-15)12-31-33-27(34)25-17-7-8-18(20-11-19(17)20)26(25)28(33)35/h2-10,12,17-20,25-26H,11,13H2,1H3/b31-12-/t17-,18-,19-,20-,25-,26+/m0/s1. The Kier molecular flexibility index (Phi) is 4.62. The lowest BCUT2D eigenvalue weighted by Crippen LogP contribution is -2.40. The fourth-order valence-electron chi connectivity index (χ4n) is 6.82. The Morgan fingerprint density at radius 1 is 0.971 bits per heavy atom. The summed E-state index contributed by atoms with van der Waals surface area (Å²) in [6, 6.07) is 13.7. The number of carbonyl (C=O) groups is 2. The molecule has 0 radical (unpaired) electrons. The minimum Gasteiger partial charge on any atom is -0.340 e. The van der Waals surface area contributed by atoms with Crippen molar-refractivity contribution >= 4 is 52.1 Å². The van der Waals surface area contributed by atoms with E-state index in [1.807, 2.05) is 37.3 Å². The van der Waals surface area contributed by atoms with Gasteiger partial charge in [-0.2, -0.15) is 10.1 Å². The molecule has 2 heterocycles. The average Bonchev–Trinajstić information content (AvgIpc) is 3.60. The van der Waals surface area contributed by atoms with E-state index in [1.165, 1.54) is 0 Å². The van der Waals surface area contributed by atoms with Crippen molar-refractivity contribution in [2.75, 3.05) is 0 Å². The van der Waals surface area contributed by atoms with Gasteiger partial charge >= 0.3 is 0 Å². The predicted molar refractivity (Wildman–Crippen MR) is 136 cm³/mol. The molecule has 5 aliphatic rings. The summed E-state index contributed by atoms with van der Waals surface area (Å²) in [5.41, 5.74) is 3.98. The van der Waals surface area contributed by atoms with E-state index in [1.54, 1.807) is 12.3 Å². The number of para-hydroxylation sites is 1. The van der Waals surface area contributed by atoms with E-state index in [2.05, 4.69) is 27.9 Å². The number of nitrogens with zero attached hydrogens (tertiary/aromatic N) is 3. The fourth-order valence-corrected chi connectivity index (χ4v) is 7.14. The normalized spacial score (nSPS) is 30.5. The molecule has 1 saturated heterocycles. The van der Waals surface area contributed by atoms with Crippen LogP contribution in [0.25, 0.3) is 10.9 Å². The molecule has 7 heteroatoms. The molecule has 0 spiro atoms. The molecule has 0 N–H and O–H groups in total. The molecule has 3 fully saturated rings. The smallest absolute Gasteiger partial charge is 0.254 e. The van der Waals surface area contributed by atoms with Gasteiger partial charge in [0.1, 0.15) is 0 Å². The monoisotopic (exact) mass is 503 g/mol. The van der Waals surface area contributed by atoms with Gasteiger partial charge in [0, 0.05) is 28.7 Å². The molecule has 2 bridgehead atoms. The summed E-state index contributed by atoms with van der Waals surface area (Å²) in [5.74, 6) is 0.785. The van der Waals surface area contributed by atoms with Gasteiger partial charge in [-0.05, 0) is 60.8 Å². The molecule has 5 nitrogen and oxygen atoms in total. The fraction of sp³-hybridized carbons (Fsp3) is 0.321. The van der Waals surface area contributed by atoms with Crippen LogP contribution in [0, 0.1) is 42.4 Å². The van der Waals surface area contributed by atoms with Crippen molar-refractivity contribution in [3.8, 4) is 0 Å². The van der Waals surface area contributed by atoms with Gasteiger partial charge in [-0.25, -0.2) is 0 Å². The number of allylic oxidation sites excluding steroid dienone is 2. The van der Waals surface area contributed by atoms with Gasteiger partial charge in [-0.1, -0.05) is 59.6 Å². The van der Waals surface area contributed by atoms with E-state index in [4.69, 9.17) is 23.2 Å². The summed E-state index contributed by atoms with van der Waals surface area (Å²) in [6.07, 6.45) is 7.20. The predicted octanol–water partition coefficient (Wildman–Crippen LogP) is 5.69. The number of aromatic nitrogens is 1. The minimum atomic E-state index is -0.240. The third-order valence-corrected chi connectivity index (χ3v) is 9.29. The number of hydrogen-bond donors (Lipinski definition) is 0. The second kappa shape index (κ2) is 7.55. The second-order valence-corrected chi connectivity index (χ2v) is 11.1. The molecule has 3 aromatic rings. The Hall–Kier alpha value is -2.89. The molecular formula is C28H23Cl2N3O2. The number of imide groups is 1. The van der Waals surface area contributed by atoms with Gasteiger partial charge in [0.2, 0.25) is 0 Å². The van der Waals surface area contributed by atoms with Crippen molar-refractivity contribution < 1.29 is 9.59 Å². The Morgan fingerprint density at radius 3 is 2.34 bits per heavy atom. The van der Waals surface area contributed by atoms with Crippen LogP contribution in [0.15, 0.2) is 59.7 Å². The molecule has 2 aromatic carbocycles. The number of carbonyl (C=O) groups excluding carboxylic acids is 2. The van der Waals surface area contributed by atoms with Crippen LogP contribution in [0.4, 0.5) is 0 Å². The third-order valence-electron chi connectivity index (χ3n) is 8.55. The number of rotatable bonds is 4. The number of hydrogen-bond acceptors (Lipinski definition) is 3. The van der Waals surface area contributed by atoms with E-state index < -0.39 is 0 Å². The molecule has 6 atom stereocenters. The van der Waals surface area contributed by atoms with Crippen LogP contribution in [0.5, 0.6) is 0 Å². The van der Waals surface area contributed by atoms with Crippen molar-refractivity contribution in [1.82, 2.24) is 9.58 Å². The number of amides is 2. The molecular weight excluding hydrogens is 481 g/mol. The summed E-state index contributed by atoms with van der Waals surface area (Å²) in [5, 5.41) is 7.72. The van der Waals surface area contributed by atoms with Gasteiger partial charge in [-0.15, -0.1) is 0 Å². The molecule has 2 saturated carbocycles. The molecule has 1 aromatic heterocycles. The highest BCUT2D eigenvalue weighted by molar-refractivity contribution is 6.42. The van der Waals surface area contributed by atoms with Crippen LogP contribution in [0.1, 0.15) is 23.2 Å². The Bertz CT molecular complexity index is 1450. The third kappa shape index (κ3) is 3.04. The number of benzene rings is 2. The van der Waals surface area contributed by atoms with E-state index >= 15 is 0 Å². The van der Waals surface area contributed by atoms with Crippen LogP contribution in [-0.4, -0.2) is 27.6 Å². The Morgan fingerprint density at radius 2 is 1.66 bits per heavy atom. The molecule has 176 valence electrons. The molecule has 0 unspecified atom stereocenters. The average molecular weight is 504 g/mol. The van der Waals surface area contributed by atoms with E-state index in [-0.39, 0.29) is 35.5 Å². The number of halogens is 2. The van der Waals surface area contributed by atoms with Crippen molar-refractivity contribution in [3.63, 3.8) is 0 Å². The van der Waals surface area contributed by atoms with Gasteiger partial charge < -0.3 is 4.57 Å². The highest BCUT2D eigenvalue weighted by Crippen LogP contribution is 2.65. The van der Waals surface area contributed by atoms with Crippen molar-refractivity contribution in [2.45, 2.75) is 19.9 Å². The summed E-state index contributed by atoms with van der Waals surface area (Å²) < 4.78 is 2.20. The van der Waals surface area contributed by atoms with Crippen molar-refractivity contribution in [1.29, 1.82) is 0 Å². The zero-order valence-corrected chi connectivity index (χ0v) is 20.6.